The van der Waals surface area contributed by atoms with E-state index >= 15 is 0 Å². The molecule has 0 aliphatic rings. The number of fused-ring (bicyclic) bond motifs is 1. The van der Waals surface area contributed by atoms with Gasteiger partial charge in [0.05, 0.1) is 12.2 Å². The molecule has 154 valence electrons. The van der Waals surface area contributed by atoms with E-state index in [-0.39, 0.29) is 5.56 Å². The van der Waals surface area contributed by atoms with Crippen LogP contribution in [0.3, 0.4) is 0 Å². The minimum Gasteiger partial charge on any atom is -0.281 e. The zero-order chi connectivity index (χ0) is 21.3. The van der Waals surface area contributed by atoms with Gasteiger partial charge in [0, 0.05) is 17.3 Å². The van der Waals surface area contributed by atoms with Crippen LogP contribution in [0.2, 0.25) is 5.02 Å². The smallest absolute Gasteiger partial charge is 0.280 e. The third-order valence-corrected chi connectivity index (χ3v) is 6.43. The Morgan fingerprint density at radius 2 is 1.80 bits per heavy atom. The standard InChI is InChI=1S/C23H23ClN4OS/c1-4-28-21-20(16(3)26-28)25-23(30-14-18-8-6-5-7-15(18)2)27(22(21)29)13-17-9-11-19(24)12-10-17/h5-12H,4,13-14H2,1-3H3. The fourth-order valence-electron chi connectivity index (χ4n) is 3.45. The van der Waals surface area contributed by atoms with Crippen LogP contribution in [0.15, 0.2) is 58.5 Å². The normalized spacial score (nSPS) is 11.3. The fourth-order valence-corrected chi connectivity index (χ4v) is 4.65. The Hall–Kier alpha value is -2.57. The van der Waals surface area contributed by atoms with E-state index in [0.717, 1.165) is 17.0 Å². The van der Waals surface area contributed by atoms with Crippen molar-refractivity contribution in [1.29, 1.82) is 0 Å². The van der Waals surface area contributed by atoms with Crippen LogP contribution >= 0.6 is 23.4 Å². The molecule has 0 aliphatic heterocycles. The van der Waals surface area contributed by atoms with Crippen molar-refractivity contribution in [2.75, 3.05) is 0 Å². The quantitative estimate of drug-likeness (QED) is 0.306. The summed E-state index contributed by atoms with van der Waals surface area (Å²) in [5, 5.41) is 5.89. The molecule has 0 spiro atoms. The number of aryl methyl sites for hydroxylation is 3. The van der Waals surface area contributed by atoms with Gasteiger partial charge in [-0.05, 0) is 49.6 Å². The Bertz CT molecular complexity index is 1260. The largest absolute Gasteiger partial charge is 0.281 e. The molecule has 2 heterocycles. The predicted molar refractivity (Wildman–Crippen MR) is 123 cm³/mol. The van der Waals surface area contributed by atoms with Crippen molar-refractivity contribution < 1.29 is 0 Å². The first-order valence-electron chi connectivity index (χ1n) is 9.87. The van der Waals surface area contributed by atoms with Gasteiger partial charge in [0.15, 0.2) is 10.7 Å². The lowest BCUT2D eigenvalue weighted by Crippen LogP contribution is -2.25. The van der Waals surface area contributed by atoms with Crippen molar-refractivity contribution in [2.24, 2.45) is 0 Å². The summed E-state index contributed by atoms with van der Waals surface area (Å²) in [7, 11) is 0. The molecule has 2 aromatic carbocycles. The molecule has 0 radical (unpaired) electrons. The number of nitrogens with zero attached hydrogens (tertiary/aromatic N) is 4. The highest BCUT2D eigenvalue weighted by Gasteiger charge is 2.18. The molecule has 0 saturated heterocycles. The van der Waals surface area contributed by atoms with E-state index in [0.29, 0.717) is 34.3 Å². The maximum atomic E-state index is 13.5. The molecule has 0 fully saturated rings. The second-order valence-corrected chi connectivity index (χ2v) is 8.60. The van der Waals surface area contributed by atoms with Crippen LogP contribution in [-0.2, 0) is 18.8 Å². The molecule has 2 aromatic heterocycles. The zero-order valence-electron chi connectivity index (χ0n) is 17.2. The minimum atomic E-state index is -0.0651. The lowest BCUT2D eigenvalue weighted by atomic mass is 10.1. The third kappa shape index (κ3) is 4.02. The Morgan fingerprint density at radius 3 is 2.50 bits per heavy atom. The first-order valence-corrected chi connectivity index (χ1v) is 11.2. The Labute approximate surface area is 184 Å². The molecule has 0 aliphatic carbocycles. The van der Waals surface area contributed by atoms with E-state index < -0.39 is 0 Å². The van der Waals surface area contributed by atoms with E-state index in [1.54, 1.807) is 21.0 Å². The summed E-state index contributed by atoms with van der Waals surface area (Å²) in [6.45, 7) is 7.04. The average molecular weight is 439 g/mol. The van der Waals surface area contributed by atoms with Gasteiger partial charge in [-0.1, -0.05) is 59.8 Å². The van der Waals surface area contributed by atoms with E-state index in [4.69, 9.17) is 16.6 Å². The van der Waals surface area contributed by atoms with Crippen LogP contribution < -0.4 is 5.56 Å². The number of thioether (sulfide) groups is 1. The van der Waals surface area contributed by atoms with Crippen molar-refractivity contribution in [3.63, 3.8) is 0 Å². The van der Waals surface area contributed by atoms with Crippen molar-refractivity contribution in [3.05, 3.63) is 86.3 Å². The van der Waals surface area contributed by atoms with E-state index in [2.05, 4.69) is 24.2 Å². The summed E-state index contributed by atoms with van der Waals surface area (Å²) in [5.74, 6) is 0.742. The average Bonchev–Trinajstić information content (AvgIpc) is 3.07. The number of aromatic nitrogens is 4. The molecule has 0 N–H and O–H groups in total. The first kappa shape index (κ1) is 20.7. The second-order valence-electron chi connectivity index (χ2n) is 7.23. The van der Waals surface area contributed by atoms with Gasteiger partial charge >= 0.3 is 0 Å². The summed E-state index contributed by atoms with van der Waals surface area (Å²) in [5.41, 5.74) is 5.42. The summed E-state index contributed by atoms with van der Waals surface area (Å²) in [4.78, 5) is 18.4. The molecule has 0 saturated carbocycles. The third-order valence-electron chi connectivity index (χ3n) is 5.15. The lowest BCUT2D eigenvalue weighted by molar-refractivity contribution is 0.636. The van der Waals surface area contributed by atoms with Crippen LogP contribution in [0.25, 0.3) is 11.0 Å². The van der Waals surface area contributed by atoms with Gasteiger partial charge in [0.2, 0.25) is 0 Å². The van der Waals surface area contributed by atoms with Gasteiger partial charge in [-0.3, -0.25) is 14.0 Å². The predicted octanol–water partition coefficient (Wildman–Crippen LogP) is 5.22. The Kier molecular flexibility index (Phi) is 5.97. The van der Waals surface area contributed by atoms with Gasteiger partial charge in [-0.25, -0.2) is 4.98 Å². The molecule has 30 heavy (non-hydrogen) atoms. The van der Waals surface area contributed by atoms with Gasteiger partial charge < -0.3 is 0 Å². The molecule has 5 nitrogen and oxygen atoms in total. The molecule has 4 rings (SSSR count). The minimum absolute atomic E-state index is 0.0651. The highest BCUT2D eigenvalue weighted by molar-refractivity contribution is 7.98. The van der Waals surface area contributed by atoms with Gasteiger partial charge in [0.1, 0.15) is 5.52 Å². The number of benzene rings is 2. The van der Waals surface area contributed by atoms with Gasteiger partial charge in [-0.15, -0.1) is 0 Å². The first-order chi connectivity index (χ1) is 14.5. The van der Waals surface area contributed by atoms with Crippen LogP contribution in [0.5, 0.6) is 0 Å². The number of rotatable bonds is 6. The number of hydrogen-bond donors (Lipinski definition) is 0. The molecule has 0 amide bonds. The number of halogens is 1. The molecule has 4 aromatic rings. The van der Waals surface area contributed by atoms with Crippen molar-refractivity contribution in [2.45, 2.75) is 44.8 Å². The zero-order valence-corrected chi connectivity index (χ0v) is 18.8. The van der Waals surface area contributed by atoms with Crippen LogP contribution in [0, 0.1) is 13.8 Å². The molecule has 0 atom stereocenters. The molecule has 0 bridgehead atoms. The van der Waals surface area contributed by atoms with E-state index in [1.807, 2.05) is 50.2 Å². The Balaban J connectivity index is 1.81. The van der Waals surface area contributed by atoms with Crippen LogP contribution in [0.4, 0.5) is 0 Å². The summed E-state index contributed by atoms with van der Waals surface area (Å²) in [6.07, 6.45) is 0. The molecular weight excluding hydrogens is 416 g/mol. The maximum Gasteiger partial charge on any atom is 0.280 e. The van der Waals surface area contributed by atoms with Gasteiger partial charge in [0.25, 0.3) is 5.56 Å². The Morgan fingerprint density at radius 1 is 1.07 bits per heavy atom. The van der Waals surface area contributed by atoms with E-state index in [9.17, 15) is 4.79 Å². The van der Waals surface area contributed by atoms with Crippen molar-refractivity contribution >= 4 is 34.4 Å². The molecule has 0 unspecified atom stereocenters. The molecular formula is C23H23ClN4OS. The van der Waals surface area contributed by atoms with Crippen molar-refractivity contribution in [1.82, 2.24) is 19.3 Å². The maximum absolute atomic E-state index is 13.5. The monoisotopic (exact) mass is 438 g/mol. The van der Waals surface area contributed by atoms with Gasteiger partial charge in [-0.2, -0.15) is 5.10 Å². The van der Waals surface area contributed by atoms with Crippen LogP contribution in [0.1, 0.15) is 29.3 Å². The molecule has 7 heteroatoms. The SMILES string of the molecule is CCn1nc(C)c2nc(SCc3ccccc3C)n(Cc3ccc(Cl)cc3)c(=O)c21. The topological polar surface area (TPSA) is 52.7 Å². The highest BCUT2D eigenvalue weighted by atomic mass is 35.5. The summed E-state index contributed by atoms with van der Waals surface area (Å²) in [6, 6.07) is 15.9. The summed E-state index contributed by atoms with van der Waals surface area (Å²) >= 11 is 7.61. The van der Waals surface area contributed by atoms with Crippen molar-refractivity contribution in [3.8, 4) is 0 Å². The highest BCUT2D eigenvalue weighted by Crippen LogP contribution is 2.25. The fraction of sp³-hybridized carbons (Fsp3) is 0.261. The lowest BCUT2D eigenvalue weighted by Gasteiger charge is -2.13. The second kappa shape index (κ2) is 8.66. The van der Waals surface area contributed by atoms with E-state index in [1.165, 1.54) is 11.1 Å². The number of hydrogen-bond acceptors (Lipinski definition) is 4. The van der Waals surface area contributed by atoms with Crippen LogP contribution in [-0.4, -0.2) is 19.3 Å². The summed E-state index contributed by atoms with van der Waals surface area (Å²) < 4.78 is 3.50.